The van der Waals surface area contributed by atoms with Crippen LogP contribution in [0.25, 0.3) is 0 Å². The van der Waals surface area contributed by atoms with Gasteiger partial charge >= 0.3 is 0 Å². The molecular weight excluding hydrogens is 266 g/mol. The van der Waals surface area contributed by atoms with E-state index >= 15 is 0 Å². The molecule has 0 heterocycles. The Kier molecular flexibility index (Phi) is 9.22. The second-order valence-corrected chi connectivity index (χ2v) is 6.32. The van der Waals surface area contributed by atoms with E-state index in [0.29, 0.717) is 5.56 Å². The third-order valence-electron chi connectivity index (χ3n) is 3.41. The van der Waals surface area contributed by atoms with Gasteiger partial charge < -0.3 is 5.73 Å². The summed E-state index contributed by atoms with van der Waals surface area (Å²) < 4.78 is 0. The van der Waals surface area contributed by atoms with Crippen molar-refractivity contribution in [2.45, 2.75) is 63.2 Å². The van der Waals surface area contributed by atoms with Gasteiger partial charge in [-0.25, -0.2) is 0 Å². The quantitative estimate of drug-likeness (QED) is 0.460. The first-order chi connectivity index (χ1) is 9.75. The van der Waals surface area contributed by atoms with Gasteiger partial charge in [-0.05, 0) is 24.3 Å². The van der Waals surface area contributed by atoms with Crippen LogP contribution in [0, 0.1) is 0 Å². The lowest BCUT2D eigenvalue weighted by atomic mass is 10.1. The molecule has 0 aliphatic rings. The molecule has 0 aliphatic carbocycles. The van der Waals surface area contributed by atoms with Gasteiger partial charge in [0.15, 0.2) is 0 Å². The number of nitrogens with two attached hydrogens (primary N) is 1. The van der Waals surface area contributed by atoms with Gasteiger partial charge in [0, 0.05) is 4.90 Å². The number of hydrogen-bond donors (Lipinski definition) is 1. The Morgan fingerprint density at radius 3 is 2.25 bits per heavy atom. The fraction of sp³-hybridized carbons (Fsp3) is 0.588. The number of unbranched alkanes of at least 4 members (excludes halogenated alkanes) is 7. The second-order valence-electron chi connectivity index (χ2n) is 5.18. The van der Waals surface area contributed by atoms with Crippen molar-refractivity contribution in [1.82, 2.24) is 0 Å². The number of carbonyl (C=O) groups excluding carboxylic acids is 1. The molecule has 0 spiro atoms. The van der Waals surface area contributed by atoms with E-state index in [1.165, 1.54) is 51.4 Å². The molecule has 0 aromatic heterocycles. The maximum Gasteiger partial charge on any atom is 0.249 e. The third kappa shape index (κ3) is 6.99. The first-order valence-electron chi connectivity index (χ1n) is 7.77. The molecular formula is C17H27NOS. The van der Waals surface area contributed by atoms with Crippen LogP contribution in [0.4, 0.5) is 0 Å². The zero-order valence-electron chi connectivity index (χ0n) is 12.6. The molecule has 0 bridgehead atoms. The van der Waals surface area contributed by atoms with Crippen molar-refractivity contribution in [3.05, 3.63) is 29.8 Å². The number of primary amides is 1. The third-order valence-corrected chi connectivity index (χ3v) is 4.57. The van der Waals surface area contributed by atoms with E-state index in [-0.39, 0.29) is 5.91 Å². The molecule has 112 valence electrons. The Bertz CT molecular complexity index is 392. The Hall–Kier alpha value is -0.960. The molecule has 1 amide bonds. The SMILES string of the molecule is CCCCCCCCCCSc1ccccc1C(N)=O. The lowest BCUT2D eigenvalue weighted by Gasteiger charge is -2.06. The summed E-state index contributed by atoms with van der Waals surface area (Å²) in [7, 11) is 0. The van der Waals surface area contributed by atoms with Gasteiger partial charge in [0.1, 0.15) is 0 Å². The number of carbonyl (C=O) groups is 1. The second kappa shape index (κ2) is 10.8. The minimum Gasteiger partial charge on any atom is -0.366 e. The van der Waals surface area contributed by atoms with E-state index in [1.807, 2.05) is 18.2 Å². The molecule has 0 radical (unpaired) electrons. The van der Waals surface area contributed by atoms with E-state index < -0.39 is 0 Å². The van der Waals surface area contributed by atoms with Crippen molar-refractivity contribution in [3.8, 4) is 0 Å². The molecule has 20 heavy (non-hydrogen) atoms. The molecule has 0 unspecified atom stereocenters. The largest absolute Gasteiger partial charge is 0.366 e. The maximum absolute atomic E-state index is 11.3. The van der Waals surface area contributed by atoms with Gasteiger partial charge in [0.25, 0.3) is 0 Å². The van der Waals surface area contributed by atoms with Crippen LogP contribution in [0.1, 0.15) is 68.6 Å². The van der Waals surface area contributed by atoms with Crippen molar-refractivity contribution in [2.24, 2.45) is 5.73 Å². The average Bonchev–Trinajstić information content (AvgIpc) is 2.46. The van der Waals surface area contributed by atoms with Crippen molar-refractivity contribution in [1.29, 1.82) is 0 Å². The first kappa shape index (κ1) is 17.1. The molecule has 0 saturated carbocycles. The lowest BCUT2D eigenvalue weighted by molar-refractivity contribution is 0.0997. The smallest absolute Gasteiger partial charge is 0.249 e. The van der Waals surface area contributed by atoms with Crippen LogP contribution in [0.2, 0.25) is 0 Å². The van der Waals surface area contributed by atoms with Crippen LogP contribution in [-0.4, -0.2) is 11.7 Å². The molecule has 2 nitrogen and oxygen atoms in total. The predicted molar refractivity (Wildman–Crippen MR) is 88.3 cm³/mol. The fourth-order valence-corrected chi connectivity index (χ4v) is 3.28. The minimum atomic E-state index is -0.330. The van der Waals surface area contributed by atoms with Gasteiger partial charge in [0.05, 0.1) is 5.56 Å². The van der Waals surface area contributed by atoms with Gasteiger partial charge in [-0.15, -0.1) is 11.8 Å². The maximum atomic E-state index is 11.3. The molecule has 3 heteroatoms. The molecule has 1 aromatic rings. The summed E-state index contributed by atoms with van der Waals surface area (Å²) in [5, 5.41) is 0. The fourth-order valence-electron chi connectivity index (χ4n) is 2.21. The zero-order valence-corrected chi connectivity index (χ0v) is 13.4. The lowest BCUT2D eigenvalue weighted by Crippen LogP contribution is -2.11. The molecule has 0 atom stereocenters. The van der Waals surface area contributed by atoms with Gasteiger partial charge in [-0.1, -0.05) is 64.0 Å². The van der Waals surface area contributed by atoms with Gasteiger partial charge in [-0.3, -0.25) is 4.79 Å². The monoisotopic (exact) mass is 293 g/mol. The van der Waals surface area contributed by atoms with E-state index in [1.54, 1.807) is 17.8 Å². The van der Waals surface area contributed by atoms with E-state index in [0.717, 1.165) is 10.6 Å². The molecule has 0 saturated heterocycles. The van der Waals surface area contributed by atoms with Crippen LogP contribution in [0.3, 0.4) is 0 Å². The molecule has 0 aliphatic heterocycles. The van der Waals surface area contributed by atoms with Crippen LogP contribution >= 0.6 is 11.8 Å². The van der Waals surface area contributed by atoms with Crippen molar-refractivity contribution in [2.75, 3.05) is 5.75 Å². The van der Waals surface area contributed by atoms with Crippen LogP contribution < -0.4 is 5.73 Å². The van der Waals surface area contributed by atoms with Crippen LogP contribution in [0.5, 0.6) is 0 Å². The summed E-state index contributed by atoms with van der Waals surface area (Å²) in [6, 6.07) is 7.61. The van der Waals surface area contributed by atoms with E-state index in [9.17, 15) is 4.79 Å². The molecule has 1 aromatic carbocycles. The topological polar surface area (TPSA) is 43.1 Å². The summed E-state index contributed by atoms with van der Waals surface area (Å²) in [4.78, 5) is 12.3. The van der Waals surface area contributed by atoms with Crippen LogP contribution in [0.15, 0.2) is 29.2 Å². The zero-order chi connectivity index (χ0) is 14.6. The number of hydrogen-bond acceptors (Lipinski definition) is 2. The van der Waals surface area contributed by atoms with Gasteiger partial charge in [0.2, 0.25) is 5.91 Å². The number of amides is 1. The highest BCUT2D eigenvalue weighted by atomic mass is 32.2. The first-order valence-corrected chi connectivity index (χ1v) is 8.76. The number of rotatable bonds is 11. The summed E-state index contributed by atoms with van der Waals surface area (Å²) in [5.41, 5.74) is 6.02. The van der Waals surface area contributed by atoms with Crippen molar-refractivity contribution < 1.29 is 4.79 Å². The molecule has 2 N–H and O–H groups in total. The van der Waals surface area contributed by atoms with Crippen LogP contribution in [-0.2, 0) is 0 Å². The highest BCUT2D eigenvalue weighted by Crippen LogP contribution is 2.23. The Labute approximate surface area is 127 Å². The highest BCUT2D eigenvalue weighted by Gasteiger charge is 2.06. The number of thioether (sulfide) groups is 1. The summed E-state index contributed by atoms with van der Waals surface area (Å²) in [5.74, 6) is 0.739. The van der Waals surface area contributed by atoms with E-state index in [2.05, 4.69) is 6.92 Å². The van der Waals surface area contributed by atoms with Crippen molar-refractivity contribution in [3.63, 3.8) is 0 Å². The minimum absolute atomic E-state index is 0.330. The molecule has 0 fully saturated rings. The summed E-state index contributed by atoms with van der Waals surface area (Å²) in [6.07, 6.45) is 10.7. The van der Waals surface area contributed by atoms with Gasteiger partial charge in [-0.2, -0.15) is 0 Å². The van der Waals surface area contributed by atoms with E-state index in [4.69, 9.17) is 5.73 Å². The average molecular weight is 293 g/mol. The number of benzene rings is 1. The van der Waals surface area contributed by atoms with Crippen molar-refractivity contribution >= 4 is 17.7 Å². The highest BCUT2D eigenvalue weighted by molar-refractivity contribution is 7.99. The Balaban J connectivity index is 2.11. The summed E-state index contributed by atoms with van der Waals surface area (Å²) >= 11 is 1.75. The molecule has 1 rings (SSSR count). The predicted octanol–water partition coefficient (Wildman–Crippen LogP) is 5.02. The Morgan fingerprint density at radius 1 is 1.00 bits per heavy atom. The Morgan fingerprint density at radius 2 is 1.60 bits per heavy atom. The standard InChI is InChI=1S/C17H27NOS/c1-2-3-4-5-6-7-8-11-14-20-16-13-10-9-12-15(16)17(18)19/h9-10,12-13H,2-8,11,14H2,1H3,(H2,18,19). The summed E-state index contributed by atoms with van der Waals surface area (Å²) in [6.45, 7) is 2.25. The normalized spacial score (nSPS) is 10.7.